The van der Waals surface area contributed by atoms with Crippen LogP contribution in [0, 0.1) is 0 Å². The number of ether oxygens (including phenoxy) is 1. The van der Waals surface area contributed by atoms with Gasteiger partial charge in [-0.25, -0.2) is 14.5 Å². The van der Waals surface area contributed by atoms with E-state index in [4.69, 9.17) is 9.72 Å². The van der Waals surface area contributed by atoms with Gasteiger partial charge in [0.15, 0.2) is 11.7 Å². The zero-order valence-electron chi connectivity index (χ0n) is 19.6. The van der Waals surface area contributed by atoms with E-state index in [-0.39, 0.29) is 10.8 Å². The number of hydrogen-bond donors (Lipinski definition) is 1. The molecule has 0 aliphatic heterocycles. The Bertz CT molecular complexity index is 1070. The lowest BCUT2D eigenvalue weighted by Gasteiger charge is -2.22. The summed E-state index contributed by atoms with van der Waals surface area (Å²) in [6.07, 6.45) is 1.74. The van der Waals surface area contributed by atoms with E-state index in [1.807, 2.05) is 42.0 Å². The summed E-state index contributed by atoms with van der Waals surface area (Å²) in [5.74, 6) is 1.34. The van der Waals surface area contributed by atoms with Gasteiger partial charge in [0.25, 0.3) is 0 Å². The minimum atomic E-state index is -0.0539. The minimum Gasteiger partial charge on any atom is -0.437 e. The molecular weight excluding hydrogens is 404 g/mol. The number of para-hydroxylation sites is 1. The molecule has 3 rings (SSSR count). The van der Waals surface area contributed by atoms with Crippen molar-refractivity contribution in [1.29, 1.82) is 0 Å². The van der Waals surface area contributed by atoms with Gasteiger partial charge >= 0.3 is 0 Å². The Kier molecular flexibility index (Phi) is 6.51. The predicted octanol–water partition coefficient (Wildman–Crippen LogP) is 6.51. The van der Waals surface area contributed by atoms with Gasteiger partial charge in [0.2, 0.25) is 5.88 Å². The van der Waals surface area contributed by atoms with E-state index in [9.17, 15) is 0 Å². The van der Waals surface area contributed by atoms with Crippen molar-refractivity contribution in [3.05, 3.63) is 58.7 Å². The largest absolute Gasteiger partial charge is 0.437 e. The van der Waals surface area contributed by atoms with Crippen LogP contribution in [0.15, 0.2) is 42.6 Å². The van der Waals surface area contributed by atoms with Crippen LogP contribution in [0.25, 0.3) is 0 Å². The van der Waals surface area contributed by atoms with E-state index in [2.05, 4.69) is 64.6 Å². The third kappa shape index (κ3) is 5.70. The van der Waals surface area contributed by atoms with Crippen LogP contribution >= 0.6 is 11.3 Å². The normalized spacial score (nSPS) is 12.0. The van der Waals surface area contributed by atoms with Crippen molar-refractivity contribution < 1.29 is 9.31 Å². The second-order valence-electron chi connectivity index (χ2n) is 9.88. The summed E-state index contributed by atoms with van der Waals surface area (Å²) in [7, 11) is 1.97. The van der Waals surface area contributed by atoms with Crippen LogP contribution in [0.3, 0.4) is 0 Å². The van der Waals surface area contributed by atoms with E-state index in [0.717, 1.165) is 34.4 Å². The van der Waals surface area contributed by atoms with Crippen molar-refractivity contribution in [2.45, 2.75) is 58.9 Å². The van der Waals surface area contributed by atoms with E-state index in [1.54, 1.807) is 17.5 Å². The predicted molar refractivity (Wildman–Crippen MR) is 131 cm³/mol. The third-order valence-corrected chi connectivity index (χ3v) is 5.69. The maximum atomic E-state index is 6.29. The molecule has 6 heteroatoms. The summed E-state index contributed by atoms with van der Waals surface area (Å²) in [5.41, 5.74) is 2.92. The first-order valence-corrected chi connectivity index (χ1v) is 11.3. The Labute approximate surface area is 189 Å². The number of rotatable bonds is 6. The molecule has 2 heterocycles. The van der Waals surface area contributed by atoms with Gasteiger partial charge < -0.3 is 10.1 Å². The Morgan fingerprint density at radius 3 is 2.39 bits per heavy atom. The second-order valence-corrected chi connectivity index (χ2v) is 11.0. The molecule has 2 aromatic heterocycles. The Balaban J connectivity index is 1.94. The van der Waals surface area contributed by atoms with E-state index in [0.29, 0.717) is 5.88 Å². The number of nitrogens with one attached hydrogen (secondary N) is 1. The number of hydrogen-bond acceptors (Lipinski definition) is 5. The highest BCUT2D eigenvalue weighted by Gasteiger charge is 2.25. The summed E-state index contributed by atoms with van der Waals surface area (Å²) in [4.78, 5) is 10.6. The highest BCUT2D eigenvalue weighted by molar-refractivity contribution is 7.15. The molecular formula is C25H33N4OS+. The molecule has 0 aliphatic carbocycles. The van der Waals surface area contributed by atoms with Crippen molar-refractivity contribution in [2.24, 2.45) is 0 Å². The van der Waals surface area contributed by atoms with Gasteiger partial charge in [0.05, 0.1) is 10.6 Å². The van der Waals surface area contributed by atoms with Crippen LogP contribution in [-0.4, -0.2) is 28.3 Å². The highest BCUT2D eigenvalue weighted by atomic mass is 32.1. The summed E-state index contributed by atoms with van der Waals surface area (Å²) < 4.78 is 8.22. The van der Waals surface area contributed by atoms with Crippen LogP contribution in [0.5, 0.6) is 11.6 Å². The summed E-state index contributed by atoms with van der Waals surface area (Å²) >= 11 is 1.64. The summed E-state index contributed by atoms with van der Waals surface area (Å²) in [6.45, 7) is 17.8. The van der Waals surface area contributed by atoms with E-state index >= 15 is 0 Å². The van der Waals surface area contributed by atoms with Gasteiger partial charge in [-0.15, -0.1) is 0 Å². The van der Waals surface area contributed by atoms with Crippen molar-refractivity contribution in [3.8, 4) is 11.6 Å². The van der Waals surface area contributed by atoms with Gasteiger partial charge in [-0.2, -0.15) is 0 Å². The number of benzene rings is 1. The number of thiazole rings is 1. The van der Waals surface area contributed by atoms with Crippen molar-refractivity contribution in [3.63, 3.8) is 0 Å². The first-order chi connectivity index (χ1) is 14.4. The van der Waals surface area contributed by atoms with Gasteiger partial charge in [0.1, 0.15) is 25.2 Å². The maximum Gasteiger partial charge on any atom is 0.243 e. The quantitative estimate of drug-likeness (QED) is 0.353. The molecule has 0 saturated carbocycles. The lowest BCUT2D eigenvalue weighted by Crippen LogP contribution is -2.15. The van der Waals surface area contributed by atoms with Gasteiger partial charge in [-0.3, -0.25) is 0 Å². The molecule has 0 atom stereocenters. The molecule has 0 amide bonds. The number of anilines is 2. The van der Waals surface area contributed by atoms with E-state index < -0.39 is 0 Å². The zero-order chi connectivity index (χ0) is 22.8. The average molecular weight is 438 g/mol. The molecule has 0 bridgehead atoms. The first kappa shape index (κ1) is 22.9. The monoisotopic (exact) mass is 437 g/mol. The average Bonchev–Trinajstić information content (AvgIpc) is 3.05. The molecule has 3 aromatic rings. The second kappa shape index (κ2) is 8.79. The van der Waals surface area contributed by atoms with Gasteiger partial charge in [-0.1, -0.05) is 71.1 Å². The van der Waals surface area contributed by atoms with Crippen molar-refractivity contribution in [1.82, 2.24) is 9.97 Å². The van der Waals surface area contributed by atoms with Crippen LogP contribution in [0.2, 0.25) is 0 Å². The molecule has 0 unspecified atom stereocenters. The third-order valence-electron chi connectivity index (χ3n) is 4.74. The van der Waals surface area contributed by atoms with Crippen LogP contribution in [0.4, 0.5) is 10.8 Å². The fourth-order valence-corrected chi connectivity index (χ4v) is 4.57. The molecule has 31 heavy (non-hydrogen) atoms. The molecule has 0 fully saturated rings. The summed E-state index contributed by atoms with van der Waals surface area (Å²) in [6, 6.07) is 12.0. The topological polar surface area (TPSA) is 50.0 Å². The van der Waals surface area contributed by atoms with Gasteiger partial charge in [-0.05, 0) is 23.6 Å². The molecule has 5 nitrogen and oxygen atoms in total. The highest BCUT2D eigenvalue weighted by Crippen LogP contribution is 2.38. The molecule has 0 aliphatic rings. The fourth-order valence-electron chi connectivity index (χ4n) is 3.31. The van der Waals surface area contributed by atoms with Gasteiger partial charge in [0, 0.05) is 17.2 Å². The lowest BCUT2D eigenvalue weighted by molar-refractivity contribution is -0.504. The molecule has 1 N–H and O–H groups in total. The Morgan fingerprint density at radius 2 is 1.74 bits per heavy atom. The molecule has 164 valence electrons. The van der Waals surface area contributed by atoms with Crippen molar-refractivity contribution >= 4 is 28.9 Å². The molecule has 0 spiro atoms. The molecule has 0 radical (unpaired) electrons. The SMILES string of the molecule is C=[N+](C)Cc1sc(Nc2cccnc2Oc2ccccc2C(C)(C)C)nc1C(C)(C)C. The smallest absolute Gasteiger partial charge is 0.243 e. The Hall–Kier alpha value is -2.73. The molecule has 1 aromatic carbocycles. The molecule has 0 saturated heterocycles. The number of pyridine rings is 1. The minimum absolute atomic E-state index is 0.0367. The first-order valence-electron chi connectivity index (χ1n) is 10.5. The zero-order valence-corrected chi connectivity index (χ0v) is 20.4. The van der Waals surface area contributed by atoms with Crippen LogP contribution < -0.4 is 10.1 Å². The van der Waals surface area contributed by atoms with E-state index in [1.165, 1.54) is 4.88 Å². The van der Waals surface area contributed by atoms with Crippen LogP contribution in [-0.2, 0) is 17.4 Å². The Morgan fingerprint density at radius 1 is 1.03 bits per heavy atom. The lowest BCUT2D eigenvalue weighted by atomic mass is 9.86. The number of aromatic nitrogens is 2. The van der Waals surface area contributed by atoms with Crippen molar-refractivity contribution in [2.75, 3.05) is 12.4 Å². The maximum absolute atomic E-state index is 6.29. The summed E-state index contributed by atoms with van der Waals surface area (Å²) in [5, 5.41) is 4.26. The van der Waals surface area contributed by atoms with Crippen LogP contribution in [0.1, 0.15) is 57.7 Å². The fraction of sp³-hybridized carbons (Fsp3) is 0.400. The number of nitrogens with zero attached hydrogens (tertiary/aromatic N) is 3. The standard InChI is InChI=1S/C25H33N4OS/c1-24(2,3)17-12-9-10-14-19(17)30-22-18(13-11-15-26-22)27-23-28-21(25(4,5)6)20(31-23)16-29(7)8/h9-15H,7,16H2,1-6,8H3,(H,27,28)/q+1.